The molecule has 164 valence electrons. The molecular weight excluding hydrogens is 498 g/mol. The van der Waals surface area contributed by atoms with Gasteiger partial charge in [-0.25, -0.2) is 4.39 Å². The highest BCUT2D eigenvalue weighted by atomic mass is 35.5. The number of fused-ring (bicyclic) bond motifs is 1. The van der Waals surface area contributed by atoms with Crippen LogP contribution < -0.4 is 4.90 Å². The largest absolute Gasteiger partial charge is 0.342 e. The summed E-state index contributed by atoms with van der Waals surface area (Å²) in [7, 11) is 0. The topological polar surface area (TPSA) is 25.2 Å². The molecule has 2 heterocycles. The second-order valence-corrected chi connectivity index (χ2v) is 9.95. The minimum Gasteiger partial charge on any atom is -0.342 e. The summed E-state index contributed by atoms with van der Waals surface area (Å²) in [6, 6.07) is 19.5. The van der Waals surface area contributed by atoms with Crippen LogP contribution in [-0.4, -0.2) is 14.8 Å². The highest BCUT2D eigenvalue weighted by Crippen LogP contribution is 2.38. The van der Waals surface area contributed by atoms with E-state index in [4.69, 9.17) is 35.4 Å². The number of nitrogens with zero attached hydrogens (tertiary/aromatic N) is 2. The number of aromatic nitrogens is 1. The van der Waals surface area contributed by atoms with Crippen LogP contribution in [0.4, 0.5) is 10.1 Å². The molecule has 1 aromatic heterocycles. The number of thioether (sulfide) groups is 1. The fourth-order valence-corrected chi connectivity index (χ4v) is 5.55. The van der Waals surface area contributed by atoms with Crippen molar-refractivity contribution in [3.05, 3.63) is 105 Å². The monoisotopic (exact) mass is 512 g/mol. The molecule has 1 aliphatic rings. The van der Waals surface area contributed by atoms with Gasteiger partial charge in [0.2, 0.25) is 0 Å². The van der Waals surface area contributed by atoms with E-state index in [2.05, 4.69) is 4.57 Å². The zero-order valence-electron chi connectivity index (χ0n) is 17.0. The number of benzene rings is 3. The molecule has 1 amide bonds. The third-order valence-electron chi connectivity index (χ3n) is 5.35. The number of hydrogen-bond donors (Lipinski definition) is 0. The molecule has 0 spiro atoms. The van der Waals surface area contributed by atoms with Crippen LogP contribution in [-0.2, 0) is 11.3 Å². The second-order valence-electron chi connectivity index (χ2n) is 7.43. The van der Waals surface area contributed by atoms with Gasteiger partial charge in [-0.3, -0.25) is 9.69 Å². The maximum absolute atomic E-state index is 14.3. The molecule has 4 aromatic rings. The summed E-state index contributed by atoms with van der Waals surface area (Å²) >= 11 is 19.0. The van der Waals surface area contributed by atoms with Crippen molar-refractivity contribution in [2.24, 2.45) is 0 Å². The Balaban J connectivity index is 1.54. The van der Waals surface area contributed by atoms with E-state index < -0.39 is 5.82 Å². The molecule has 33 heavy (non-hydrogen) atoms. The van der Waals surface area contributed by atoms with E-state index in [-0.39, 0.29) is 11.6 Å². The van der Waals surface area contributed by atoms with Crippen LogP contribution in [0.3, 0.4) is 0 Å². The fourth-order valence-electron chi connectivity index (χ4n) is 3.80. The third kappa shape index (κ3) is 4.20. The van der Waals surface area contributed by atoms with Crippen LogP contribution >= 0.6 is 47.2 Å². The van der Waals surface area contributed by atoms with Crippen molar-refractivity contribution in [2.45, 2.75) is 6.54 Å². The molecule has 1 fully saturated rings. The molecule has 5 rings (SSSR count). The predicted molar refractivity (Wildman–Crippen MR) is 140 cm³/mol. The first-order chi connectivity index (χ1) is 15.9. The van der Waals surface area contributed by atoms with Crippen LogP contribution in [0.15, 0.2) is 77.8 Å². The van der Waals surface area contributed by atoms with Crippen LogP contribution in [0.1, 0.15) is 11.1 Å². The highest BCUT2D eigenvalue weighted by molar-refractivity contribution is 8.27. The first-order valence-electron chi connectivity index (χ1n) is 9.96. The number of para-hydroxylation sites is 2. The van der Waals surface area contributed by atoms with E-state index in [0.717, 1.165) is 33.8 Å². The molecule has 3 aromatic carbocycles. The molecule has 0 unspecified atom stereocenters. The van der Waals surface area contributed by atoms with Gasteiger partial charge in [-0.05, 0) is 42.0 Å². The zero-order chi connectivity index (χ0) is 23.1. The summed E-state index contributed by atoms with van der Waals surface area (Å²) in [5.41, 5.74) is 2.95. The third-order valence-corrected chi connectivity index (χ3v) is 7.24. The Morgan fingerprint density at radius 1 is 1.03 bits per heavy atom. The van der Waals surface area contributed by atoms with Gasteiger partial charge < -0.3 is 4.57 Å². The minimum absolute atomic E-state index is 0.156. The van der Waals surface area contributed by atoms with Gasteiger partial charge in [0.1, 0.15) is 5.82 Å². The number of carbonyl (C=O) groups is 1. The molecule has 0 bridgehead atoms. The summed E-state index contributed by atoms with van der Waals surface area (Å²) in [6.45, 7) is 0.542. The van der Waals surface area contributed by atoms with E-state index in [0.29, 0.717) is 25.8 Å². The molecule has 0 aliphatic carbocycles. The number of thiocarbonyl (C=S) groups is 1. The Kier molecular flexibility index (Phi) is 6.01. The number of amides is 1. The minimum atomic E-state index is -0.494. The lowest BCUT2D eigenvalue weighted by Gasteiger charge is -2.14. The zero-order valence-corrected chi connectivity index (χ0v) is 20.1. The number of hydrogen-bond acceptors (Lipinski definition) is 3. The number of halogens is 3. The Morgan fingerprint density at radius 3 is 2.58 bits per heavy atom. The lowest BCUT2D eigenvalue weighted by atomic mass is 10.1. The molecule has 3 nitrogen and oxygen atoms in total. The van der Waals surface area contributed by atoms with E-state index in [9.17, 15) is 9.18 Å². The smallest absolute Gasteiger partial charge is 0.270 e. The predicted octanol–water partition coefficient (Wildman–Crippen LogP) is 7.54. The van der Waals surface area contributed by atoms with Crippen molar-refractivity contribution < 1.29 is 9.18 Å². The van der Waals surface area contributed by atoms with Gasteiger partial charge >= 0.3 is 0 Å². The van der Waals surface area contributed by atoms with E-state index in [1.165, 1.54) is 11.0 Å². The summed E-state index contributed by atoms with van der Waals surface area (Å²) in [6.07, 6.45) is 3.79. The van der Waals surface area contributed by atoms with Gasteiger partial charge in [0.15, 0.2) is 4.32 Å². The molecule has 0 N–H and O–H groups in total. The first-order valence-corrected chi connectivity index (χ1v) is 11.9. The average molecular weight is 513 g/mol. The van der Waals surface area contributed by atoms with Gasteiger partial charge in [0.25, 0.3) is 5.91 Å². The summed E-state index contributed by atoms with van der Waals surface area (Å²) in [4.78, 5) is 14.8. The SMILES string of the molecule is O=C1/C(=C/c2cn(Cc3ccc(Cl)cc3Cl)c3ccccc23)SC(=S)N1c1ccccc1F. The van der Waals surface area contributed by atoms with Crippen molar-refractivity contribution in [3.8, 4) is 0 Å². The Morgan fingerprint density at radius 2 is 1.79 bits per heavy atom. The van der Waals surface area contributed by atoms with Crippen molar-refractivity contribution >= 4 is 80.1 Å². The van der Waals surface area contributed by atoms with E-state index in [1.54, 1.807) is 24.3 Å². The number of rotatable bonds is 4. The van der Waals surface area contributed by atoms with Crippen molar-refractivity contribution in [3.63, 3.8) is 0 Å². The molecule has 0 atom stereocenters. The number of anilines is 1. The van der Waals surface area contributed by atoms with Gasteiger partial charge in [-0.15, -0.1) is 0 Å². The normalized spacial score (nSPS) is 15.2. The molecule has 1 saturated heterocycles. The highest BCUT2D eigenvalue weighted by Gasteiger charge is 2.34. The van der Waals surface area contributed by atoms with E-state index in [1.807, 2.05) is 48.7 Å². The Hall–Kier alpha value is -2.64. The van der Waals surface area contributed by atoms with Gasteiger partial charge in [0.05, 0.1) is 10.6 Å². The lowest BCUT2D eigenvalue weighted by Crippen LogP contribution is -2.28. The standard InChI is InChI=1S/C25H15Cl2FN2OS2/c26-17-10-9-15(19(27)12-17)13-29-14-16(18-5-1-3-7-21(18)29)11-23-24(31)30(25(32)33-23)22-8-4-2-6-20(22)28/h1-12,14H,13H2/b23-11-. The van der Waals surface area contributed by atoms with E-state index >= 15 is 0 Å². The molecule has 0 saturated carbocycles. The molecular formula is C25H15Cl2FN2OS2. The average Bonchev–Trinajstić information content (AvgIpc) is 3.27. The van der Waals surface area contributed by atoms with Gasteiger partial charge in [0, 0.05) is 39.3 Å². The quantitative estimate of drug-likeness (QED) is 0.208. The van der Waals surface area contributed by atoms with Crippen molar-refractivity contribution in [2.75, 3.05) is 4.90 Å². The summed E-state index contributed by atoms with van der Waals surface area (Å²) in [5, 5.41) is 2.16. The fraction of sp³-hybridized carbons (Fsp3) is 0.0400. The van der Waals surface area contributed by atoms with Gasteiger partial charge in [-0.1, -0.05) is 83.6 Å². The summed E-state index contributed by atoms with van der Waals surface area (Å²) in [5.74, 6) is -0.834. The molecule has 8 heteroatoms. The second kappa shape index (κ2) is 8.95. The maximum atomic E-state index is 14.3. The Labute approximate surface area is 209 Å². The van der Waals surface area contributed by atoms with Crippen LogP contribution in [0.25, 0.3) is 17.0 Å². The van der Waals surface area contributed by atoms with Crippen LogP contribution in [0.5, 0.6) is 0 Å². The van der Waals surface area contributed by atoms with Crippen molar-refractivity contribution in [1.82, 2.24) is 4.57 Å². The van der Waals surface area contributed by atoms with Gasteiger partial charge in [-0.2, -0.15) is 0 Å². The van der Waals surface area contributed by atoms with Crippen molar-refractivity contribution in [1.29, 1.82) is 0 Å². The lowest BCUT2D eigenvalue weighted by molar-refractivity contribution is -0.113. The van der Waals surface area contributed by atoms with Crippen LogP contribution in [0.2, 0.25) is 10.0 Å². The maximum Gasteiger partial charge on any atom is 0.270 e. The molecule has 0 radical (unpaired) electrons. The summed E-state index contributed by atoms with van der Waals surface area (Å²) < 4.78 is 16.7. The number of carbonyl (C=O) groups excluding carboxylic acids is 1. The molecule has 1 aliphatic heterocycles. The Bertz CT molecular complexity index is 1460. The first kappa shape index (κ1) is 22.2. The van der Waals surface area contributed by atoms with Crippen LogP contribution in [0, 0.1) is 5.82 Å².